The zero-order valence-corrected chi connectivity index (χ0v) is 12.4. The van der Waals surface area contributed by atoms with Crippen LogP contribution < -0.4 is 5.32 Å². The Balaban J connectivity index is 3.47. The quantitative estimate of drug-likeness (QED) is 0.621. The Hall–Kier alpha value is -0.850. The molecular formula is C13H27NO5. The van der Waals surface area contributed by atoms with Crippen molar-refractivity contribution in [1.82, 2.24) is 5.32 Å². The number of carbonyl (C=O) groups is 1. The molecule has 0 aromatic rings. The Morgan fingerprint density at radius 2 is 1.95 bits per heavy atom. The minimum absolute atomic E-state index is 0.0232. The van der Waals surface area contributed by atoms with Crippen molar-refractivity contribution in [2.45, 2.75) is 45.8 Å². The summed E-state index contributed by atoms with van der Waals surface area (Å²) in [5.74, 6) is 0. The highest BCUT2D eigenvalue weighted by molar-refractivity contribution is 5.67. The van der Waals surface area contributed by atoms with Crippen molar-refractivity contribution in [3.8, 4) is 0 Å². The first kappa shape index (κ1) is 18.1. The first-order valence-corrected chi connectivity index (χ1v) is 6.62. The number of alkyl carbamates (subject to hydrolysis) is 1. The van der Waals surface area contributed by atoms with Crippen molar-refractivity contribution in [2.75, 3.05) is 33.0 Å². The Bertz CT molecular complexity index is 240. The average molecular weight is 277 g/mol. The Morgan fingerprint density at radius 1 is 1.26 bits per heavy atom. The van der Waals surface area contributed by atoms with Gasteiger partial charge in [-0.15, -0.1) is 0 Å². The molecule has 0 aromatic carbocycles. The van der Waals surface area contributed by atoms with Gasteiger partial charge in [0.1, 0.15) is 5.60 Å². The molecule has 0 fully saturated rings. The van der Waals surface area contributed by atoms with Crippen LogP contribution in [0.5, 0.6) is 0 Å². The molecule has 0 saturated heterocycles. The van der Waals surface area contributed by atoms with Crippen molar-refractivity contribution >= 4 is 6.09 Å². The van der Waals surface area contributed by atoms with Crippen molar-refractivity contribution in [1.29, 1.82) is 0 Å². The maximum absolute atomic E-state index is 11.4. The lowest BCUT2D eigenvalue weighted by molar-refractivity contribution is 0.00127. The fourth-order valence-corrected chi connectivity index (χ4v) is 1.25. The first-order chi connectivity index (χ1) is 8.85. The third-order valence-electron chi connectivity index (χ3n) is 2.08. The SMILES string of the molecule is CC(CCNC(=O)OC(C)(C)C)OCCOCCO. The normalized spacial score (nSPS) is 13.1. The van der Waals surface area contributed by atoms with E-state index in [0.29, 0.717) is 32.8 Å². The summed E-state index contributed by atoms with van der Waals surface area (Å²) in [4.78, 5) is 11.4. The van der Waals surface area contributed by atoms with E-state index in [2.05, 4.69) is 5.32 Å². The van der Waals surface area contributed by atoms with Crippen LogP contribution in [-0.4, -0.2) is 55.9 Å². The maximum Gasteiger partial charge on any atom is 0.407 e. The molecular weight excluding hydrogens is 250 g/mol. The van der Waals surface area contributed by atoms with E-state index in [1.54, 1.807) is 0 Å². The highest BCUT2D eigenvalue weighted by Crippen LogP contribution is 2.06. The maximum atomic E-state index is 11.4. The summed E-state index contributed by atoms with van der Waals surface area (Å²) in [6.07, 6.45) is 0.331. The van der Waals surface area contributed by atoms with E-state index in [9.17, 15) is 4.79 Å². The molecule has 6 heteroatoms. The van der Waals surface area contributed by atoms with Crippen molar-refractivity contribution in [3.63, 3.8) is 0 Å². The predicted octanol–water partition coefficient (Wildman–Crippen LogP) is 1.32. The van der Waals surface area contributed by atoms with Crippen molar-refractivity contribution in [2.24, 2.45) is 0 Å². The topological polar surface area (TPSA) is 77.0 Å². The van der Waals surface area contributed by atoms with Gasteiger partial charge in [-0.05, 0) is 34.1 Å². The van der Waals surface area contributed by atoms with Gasteiger partial charge >= 0.3 is 6.09 Å². The number of carbonyl (C=O) groups excluding carboxylic acids is 1. The molecule has 0 aliphatic heterocycles. The van der Waals surface area contributed by atoms with Crippen LogP contribution in [0.3, 0.4) is 0 Å². The zero-order chi connectivity index (χ0) is 14.7. The minimum atomic E-state index is -0.476. The Morgan fingerprint density at radius 3 is 2.53 bits per heavy atom. The van der Waals surface area contributed by atoms with Gasteiger partial charge in [-0.2, -0.15) is 0 Å². The van der Waals surface area contributed by atoms with Gasteiger partial charge in [0.05, 0.1) is 32.5 Å². The number of nitrogens with one attached hydrogen (secondary N) is 1. The molecule has 0 saturated carbocycles. The molecule has 0 aliphatic rings. The summed E-state index contributed by atoms with van der Waals surface area (Å²) in [5.41, 5.74) is -0.476. The largest absolute Gasteiger partial charge is 0.444 e. The van der Waals surface area contributed by atoms with Crippen LogP contribution in [0.15, 0.2) is 0 Å². The molecule has 0 aromatic heterocycles. The summed E-state index contributed by atoms with van der Waals surface area (Å²) in [6, 6.07) is 0. The molecule has 2 N–H and O–H groups in total. The van der Waals surface area contributed by atoms with E-state index in [4.69, 9.17) is 19.3 Å². The van der Waals surface area contributed by atoms with Gasteiger partial charge in [0.25, 0.3) is 0 Å². The second-order valence-corrected chi connectivity index (χ2v) is 5.23. The summed E-state index contributed by atoms with van der Waals surface area (Å²) >= 11 is 0. The second-order valence-electron chi connectivity index (χ2n) is 5.23. The number of ether oxygens (including phenoxy) is 3. The molecule has 19 heavy (non-hydrogen) atoms. The van der Waals surface area contributed by atoms with Crippen molar-refractivity contribution in [3.05, 3.63) is 0 Å². The molecule has 0 radical (unpaired) electrons. The standard InChI is InChI=1S/C13H27NO5/c1-11(18-10-9-17-8-7-15)5-6-14-12(16)19-13(2,3)4/h11,15H,5-10H2,1-4H3,(H,14,16). The van der Waals surface area contributed by atoms with Gasteiger partial charge in [-0.25, -0.2) is 4.79 Å². The number of aliphatic hydroxyl groups excluding tert-OH is 1. The summed E-state index contributed by atoms with van der Waals surface area (Å²) in [6.45, 7) is 9.21. The number of aliphatic hydroxyl groups is 1. The van der Waals surface area contributed by atoms with Crippen LogP contribution in [0.4, 0.5) is 4.79 Å². The molecule has 6 nitrogen and oxygen atoms in total. The summed E-state index contributed by atoms with van der Waals surface area (Å²) < 4.78 is 15.6. The highest BCUT2D eigenvalue weighted by Gasteiger charge is 2.15. The van der Waals surface area contributed by atoms with Crippen LogP contribution in [0, 0.1) is 0 Å². The second kappa shape index (κ2) is 10.00. The minimum Gasteiger partial charge on any atom is -0.444 e. The van der Waals surface area contributed by atoms with Crippen LogP contribution in [0.1, 0.15) is 34.1 Å². The van der Waals surface area contributed by atoms with Gasteiger partial charge in [0, 0.05) is 6.54 Å². The predicted molar refractivity (Wildman–Crippen MR) is 72.2 cm³/mol. The molecule has 114 valence electrons. The molecule has 0 rings (SSSR count). The van der Waals surface area contributed by atoms with E-state index < -0.39 is 11.7 Å². The van der Waals surface area contributed by atoms with Gasteiger partial charge < -0.3 is 24.6 Å². The average Bonchev–Trinajstić information content (AvgIpc) is 2.26. The third-order valence-corrected chi connectivity index (χ3v) is 2.08. The summed E-state index contributed by atoms with van der Waals surface area (Å²) in [7, 11) is 0. The number of hydrogen-bond donors (Lipinski definition) is 2. The Labute approximate surface area is 115 Å². The monoisotopic (exact) mass is 277 g/mol. The smallest absolute Gasteiger partial charge is 0.407 e. The number of amides is 1. The van der Waals surface area contributed by atoms with Crippen LogP contribution in [0.2, 0.25) is 0 Å². The van der Waals surface area contributed by atoms with E-state index in [0.717, 1.165) is 0 Å². The van der Waals surface area contributed by atoms with Crippen LogP contribution in [0.25, 0.3) is 0 Å². The van der Waals surface area contributed by atoms with Gasteiger partial charge in [0.2, 0.25) is 0 Å². The molecule has 1 amide bonds. The molecule has 0 aliphatic carbocycles. The third kappa shape index (κ3) is 13.4. The summed E-state index contributed by atoms with van der Waals surface area (Å²) in [5, 5.41) is 11.2. The molecule has 1 unspecified atom stereocenters. The van der Waals surface area contributed by atoms with E-state index >= 15 is 0 Å². The van der Waals surface area contributed by atoms with Crippen LogP contribution >= 0.6 is 0 Å². The highest BCUT2D eigenvalue weighted by atomic mass is 16.6. The first-order valence-electron chi connectivity index (χ1n) is 6.62. The van der Waals surface area contributed by atoms with E-state index in [-0.39, 0.29) is 12.7 Å². The lowest BCUT2D eigenvalue weighted by atomic mass is 10.2. The van der Waals surface area contributed by atoms with Gasteiger partial charge in [-0.3, -0.25) is 0 Å². The van der Waals surface area contributed by atoms with Crippen molar-refractivity contribution < 1.29 is 24.1 Å². The molecule has 1 atom stereocenters. The number of rotatable bonds is 9. The molecule has 0 spiro atoms. The van der Waals surface area contributed by atoms with Gasteiger partial charge in [-0.1, -0.05) is 0 Å². The molecule has 0 heterocycles. The van der Waals surface area contributed by atoms with Crippen LogP contribution in [-0.2, 0) is 14.2 Å². The van der Waals surface area contributed by atoms with Gasteiger partial charge in [0.15, 0.2) is 0 Å². The zero-order valence-electron chi connectivity index (χ0n) is 12.4. The fraction of sp³-hybridized carbons (Fsp3) is 0.923. The lowest BCUT2D eigenvalue weighted by Crippen LogP contribution is -2.34. The lowest BCUT2D eigenvalue weighted by Gasteiger charge is -2.20. The number of hydrogen-bond acceptors (Lipinski definition) is 5. The van der Waals surface area contributed by atoms with E-state index in [1.807, 2.05) is 27.7 Å². The molecule has 0 bridgehead atoms. The Kier molecular flexibility index (Phi) is 9.55. The van der Waals surface area contributed by atoms with E-state index in [1.165, 1.54) is 0 Å². The fourth-order valence-electron chi connectivity index (χ4n) is 1.25.